The van der Waals surface area contributed by atoms with Crippen molar-refractivity contribution < 1.29 is 4.74 Å². The van der Waals surface area contributed by atoms with Crippen LogP contribution in [0.4, 0.5) is 5.82 Å². The van der Waals surface area contributed by atoms with Gasteiger partial charge in [-0.2, -0.15) is 10.4 Å². The van der Waals surface area contributed by atoms with Crippen LogP contribution in [0.1, 0.15) is 11.1 Å². The van der Waals surface area contributed by atoms with Crippen LogP contribution in [-0.2, 0) is 13.5 Å². The third-order valence-electron chi connectivity index (χ3n) is 3.99. The number of benzene rings is 1. The molecule has 0 bridgehead atoms. The van der Waals surface area contributed by atoms with Crippen LogP contribution in [-0.4, -0.2) is 40.4 Å². The standard InChI is InChI=1S/C19H21N7O/c1-25(2)17-9-18(26(3)24-17)27-16-8-13(10-21)4-5-15(16)19-22-11-14(6-7-20)12-23-19/h4-5,8-9,11-12H,6-7,20H2,1-3H3. The van der Waals surface area contributed by atoms with E-state index in [9.17, 15) is 5.26 Å². The van der Waals surface area contributed by atoms with Gasteiger partial charge in [0.25, 0.3) is 0 Å². The van der Waals surface area contributed by atoms with E-state index in [1.54, 1.807) is 42.3 Å². The Kier molecular flexibility index (Phi) is 5.33. The lowest BCUT2D eigenvalue weighted by atomic mass is 10.1. The minimum atomic E-state index is 0.489. The number of aryl methyl sites for hydroxylation is 1. The lowest BCUT2D eigenvalue weighted by Gasteiger charge is -2.11. The quantitative estimate of drug-likeness (QED) is 0.715. The lowest BCUT2D eigenvalue weighted by molar-refractivity contribution is 0.432. The lowest BCUT2D eigenvalue weighted by Crippen LogP contribution is -2.09. The van der Waals surface area contributed by atoms with E-state index in [0.29, 0.717) is 35.1 Å². The molecule has 0 fully saturated rings. The Morgan fingerprint density at radius 3 is 2.56 bits per heavy atom. The van der Waals surface area contributed by atoms with E-state index in [-0.39, 0.29) is 0 Å². The monoisotopic (exact) mass is 363 g/mol. The molecule has 0 spiro atoms. The summed E-state index contributed by atoms with van der Waals surface area (Å²) in [5.74, 6) is 2.34. The van der Waals surface area contributed by atoms with E-state index >= 15 is 0 Å². The van der Waals surface area contributed by atoms with Crippen molar-refractivity contribution in [2.45, 2.75) is 6.42 Å². The molecule has 0 saturated heterocycles. The number of anilines is 1. The molecular formula is C19H21N7O. The maximum atomic E-state index is 9.24. The summed E-state index contributed by atoms with van der Waals surface area (Å²) >= 11 is 0. The van der Waals surface area contributed by atoms with Crippen LogP contribution in [0.5, 0.6) is 11.6 Å². The first kappa shape index (κ1) is 18.4. The summed E-state index contributed by atoms with van der Waals surface area (Å²) in [6.07, 6.45) is 4.23. The van der Waals surface area contributed by atoms with Crippen LogP contribution in [0.25, 0.3) is 11.4 Å². The molecule has 0 aliphatic heterocycles. The van der Waals surface area contributed by atoms with Crippen molar-refractivity contribution in [3.8, 4) is 29.1 Å². The SMILES string of the molecule is CN(C)c1cc(Oc2cc(C#N)ccc2-c2ncc(CCN)cn2)n(C)n1. The Hall–Kier alpha value is -3.44. The van der Waals surface area contributed by atoms with Crippen LogP contribution in [0.3, 0.4) is 0 Å². The Morgan fingerprint density at radius 1 is 1.22 bits per heavy atom. The Balaban J connectivity index is 2.00. The van der Waals surface area contributed by atoms with Gasteiger partial charge in [-0.3, -0.25) is 0 Å². The van der Waals surface area contributed by atoms with Crippen molar-refractivity contribution in [2.75, 3.05) is 25.5 Å². The highest BCUT2D eigenvalue weighted by atomic mass is 16.5. The first-order valence-corrected chi connectivity index (χ1v) is 8.46. The van der Waals surface area contributed by atoms with Gasteiger partial charge in [-0.25, -0.2) is 14.6 Å². The second-order valence-electron chi connectivity index (χ2n) is 6.24. The Morgan fingerprint density at radius 2 is 1.96 bits per heavy atom. The number of rotatable bonds is 6. The molecule has 3 rings (SSSR count). The molecular weight excluding hydrogens is 342 g/mol. The average Bonchev–Trinajstić information content (AvgIpc) is 3.03. The largest absolute Gasteiger partial charge is 0.438 e. The number of hydrogen-bond donors (Lipinski definition) is 1. The van der Waals surface area contributed by atoms with Crippen molar-refractivity contribution in [2.24, 2.45) is 12.8 Å². The molecule has 0 saturated carbocycles. The first-order chi connectivity index (χ1) is 13.0. The predicted molar refractivity (Wildman–Crippen MR) is 103 cm³/mol. The highest BCUT2D eigenvalue weighted by molar-refractivity contribution is 5.66. The van der Waals surface area contributed by atoms with E-state index < -0.39 is 0 Å². The van der Waals surface area contributed by atoms with Crippen LogP contribution < -0.4 is 15.4 Å². The number of ether oxygens (including phenoxy) is 1. The number of nitrogens with zero attached hydrogens (tertiary/aromatic N) is 6. The summed E-state index contributed by atoms with van der Waals surface area (Å²) in [5.41, 5.74) is 7.73. The first-order valence-electron chi connectivity index (χ1n) is 8.46. The smallest absolute Gasteiger partial charge is 0.219 e. The van der Waals surface area contributed by atoms with Gasteiger partial charge in [0.15, 0.2) is 11.6 Å². The van der Waals surface area contributed by atoms with Gasteiger partial charge in [0, 0.05) is 39.6 Å². The van der Waals surface area contributed by atoms with Crippen LogP contribution in [0, 0.1) is 11.3 Å². The number of nitriles is 1. The average molecular weight is 363 g/mol. The minimum Gasteiger partial charge on any atom is -0.438 e. The number of hydrogen-bond acceptors (Lipinski definition) is 7. The fraction of sp³-hybridized carbons (Fsp3) is 0.263. The van der Waals surface area contributed by atoms with Gasteiger partial charge in [0.05, 0.1) is 17.2 Å². The minimum absolute atomic E-state index is 0.489. The molecule has 3 aromatic rings. The Bertz CT molecular complexity index is 971. The molecule has 0 radical (unpaired) electrons. The molecule has 2 aromatic heterocycles. The number of aromatic nitrogens is 4. The van der Waals surface area contributed by atoms with Gasteiger partial charge in [-0.1, -0.05) is 0 Å². The summed E-state index contributed by atoms with van der Waals surface area (Å²) < 4.78 is 7.71. The van der Waals surface area contributed by atoms with Gasteiger partial charge in [-0.15, -0.1) is 0 Å². The summed E-state index contributed by atoms with van der Waals surface area (Å²) in [6, 6.07) is 9.14. The fourth-order valence-corrected chi connectivity index (χ4v) is 2.51. The molecule has 0 amide bonds. The molecule has 0 aliphatic rings. The van der Waals surface area contributed by atoms with Gasteiger partial charge >= 0.3 is 0 Å². The molecule has 8 heteroatoms. The molecule has 2 N–H and O–H groups in total. The van der Waals surface area contributed by atoms with Crippen molar-refractivity contribution >= 4 is 5.82 Å². The van der Waals surface area contributed by atoms with Gasteiger partial charge in [0.1, 0.15) is 5.75 Å². The van der Waals surface area contributed by atoms with Crippen LogP contribution in [0.15, 0.2) is 36.7 Å². The molecule has 2 heterocycles. The van der Waals surface area contributed by atoms with E-state index in [0.717, 1.165) is 17.8 Å². The third-order valence-corrected chi connectivity index (χ3v) is 3.99. The van der Waals surface area contributed by atoms with Crippen LogP contribution in [0.2, 0.25) is 0 Å². The van der Waals surface area contributed by atoms with Crippen molar-refractivity contribution in [1.29, 1.82) is 5.26 Å². The maximum absolute atomic E-state index is 9.24. The van der Waals surface area contributed by atoms with Gasteiger partial charge in [0.2, 0.25) is 5.88 Å². The second kappa shape index (κ2) is 7.85. The molecule has 138 valence electrons. The topological polar surface area (TPSA) is 106 Å². The highest BCUT2D eigenvalue weighted by Crippen LogP contribution is 2.33. The zero-order valence-electron chi connectivity index (χ0n) is 15.5. The highest BCUT2D eigenvalue weighted by Gasteiger charge is 2.15. The maximum Gasteiger partial charge on any atom is 0.219 e. The van der Waals surface area contributed by atoms with Gasteiger partial charge in [-0.05, 0) is 36.7 Å². The second-order valence-corrected chi connectivity index (χ2v) is 6.24. The van der Waals surface area contributed by atoms with Crippen molar-refractivity contribution in [3.63, 3.8) is 0 Å². The zero-order valence-corrected chi connectivity index (χ0v) is 15.5. The molecule has 0 unspecified atom stereocenters. The zero-order chi connectivity index (χ0) is 19.4. The normalized spacial score (nSPS) is 10.5. The number of nitrogens with two attached hydrogens (primary N) is 1. The molecule has 8 nitrogen and oxygen atoms in total. The summed E-state index contributed by atoms with van der Waals surface area (Å²) in [5, 5.41) is 13.6. The molecule has 1 aromatic carbocycles. The Labute approximate surface area is 157 Å². The molecule has 0 aliphatic carbocycles. The van der Waals surface area contributed by atoms with Crippen molar-refractivity contribution in [3.05, 3.63) is 47.8 Å². The molecule has 27 heavy (non-hydrogen) atoms. The van der Waals surface area contributed by atoms with Crippen LogP contribution >= 0.6 is 0 Å². The van der Waals surface area contributed by atoms with E-state index in [1.165, 1.54) is 0 Å². The summed E-state index contributed by atoms with van der Waals surface area (Å²) in [4.78, 5) is 10.7. The van der Waals surface area contributed by atoms with E-state index in [4.69, 9.17) is 10.5 Å². The molecule has 0 atom stereocenters. The van der Waals surface area contributed by atoms with E-state index in [2.05, 4.69) is 21.1 Å². The van der Waals surface area contributed by atoms with Crippen molar-refractivity contribution in [1.82, 2.24) is 19.7 Å². The predicted octanol–water partition coefficient (Wildman–Crippen LogP) is 2.11. The van der Waals surface area contributed by atoms with E-state index in [1.807, 2.05) is 25.1 Å². The van der Waals surface area contributed by atoms with Gasteiger partial charge < -0.3 is 15.4 Å². The summed E-state index contributed by atoms with van der Waals surface area (Å²) in [6.45, 7) is 0.544. The summed E-state index contributed by atoms with van der Waals surface area (Å²) in [7, 11) is 5.61. The third kappa shape index (κ3) is 4.04. The fourth-order valence-electron chi connectivity index (χ4n) is 2.51.